The third-order valence-corrected chi connectivity index (χ3v) is 1.56. The fourth-order valence-corrected chi connectivity index (χ4v) is 0.939. The number of nitrogens with zero attached hydrogens (tertiary/aromatic N) is 1. The van der Waals surface area contributed by atoms with Gasteiger partial charge in [-0.3, -0.25) is 4.79 Å². The van der Waals surface area contributed by atoms with E-state index in [-0.39, 0.29) is 6.42 Å². The maximum Gasteiger partial charge on any atom is 0.433 e. The lowest BCUT2D eigenvalue weighted by molar-refractivity contribution is -0.137. The predicted molar refractivity (Wildman–Crippen MR) is 60.8 cm³/mol. The van der Waals surface area contributed by atoms with Crippen LogP contribution in [0.15, 0.2) is 4.99 Å². The van der Waals surface area contributed by atoms with Crippen LogP contribution >= 0.6 is 0 Å². The van der Waals surface area contributed by atoms with E-state index in [0.717, 1.165) is 0 Å². The Morgan fingerprint density at radius 2 is 1.94 bits per heavy atom. The van der Waals surface area contributed by atoms with Gasteiger partial charge in [0.1, 0.15) is 5.60 Å². The Bertz CT molecular complexity index is 266. The Labute approximate surface area is 95.5 Å². The van der Waals surface area contributed by atoms with E-state index in [9.17, 15) is 9.59 Å². The molecule has 0 rings (SSSR count). The van der Waals surface area contributed by atoms with Crippen LogP contribution in [0, 0.1) is 0 Å². The number of hydrogen-bond acceptors (Lipinski definition) is 3. The first-order chi connectivity index (χ1) is 7.31. The number of hydrogen-bond donors (Lipinski definition) is 1. The summed E-state index contributed by atoms with van der Waals surface area (Å²) in [4.78, 5) is 24.9. The van der Waals surface area contributed by atoms with Gasteiger partial charge in [0.25, 0.3) is 0 Å². The minimum atomic E-state index is -0.802. The first-order valence-electron chi connectivity index (χ1n) is 5.28. The molecule has 0 aromatic rings. The van der Waals surface area contributed by atoms with Crippen molar-refractivity contribution in [3.8, 4) is 0 Å². The zero-order valence-electron chi connectivity index (χ0n) is 10.0. The third-order valence-electron chi connectivity index (χ3n) is 1.56. The van der Waals surface area contributed by atoms with E-state index in [0.29, 0.717) is 19.3 Å². The van der Waals surface area contributed by atoms with Crippen molar-refractivity contribution in [1.82, 2.24) is 0 Å². The first kappa shape index (κ1) is 14.6. The van der Waals surface area contributed by atoms with Gasteiger partial charge in [-0.2, -0.15) is 4.99 Å². The highest BCUT2D eigenvalue weighted by Crippen LogP contribution is 2.07. The SMILES string of the molecule is CC(C)(C)OC(=O)N=CCCCCC(=O)O. The van der Waals surface area contributed by atoms with Gasteiger partial charge >= 0.3 is 12.1 Å². The number of aliphatic carboxylic acids is 1. The molecule has 0 aromatic heterocycles. The van der Waals surface area contributed by atoms with Crippen LogP contribution in [0.25, 0.3) is 0 Å². The molecule has 0 aliphatic rings. The van der Waals surface area contributed by atoms with E-state index in [2.05, 4.69) is 4.99 Å². The van der Waals surface area contributed by atoms with Crippen LogP contribution in [0.2, 0.25) is 0 Å². The number of carboxylic acid groups (broad SMARTS) is 1. The van der Waals surface area contributed by atoms with Crippen LogP contribution in [0.3, 0.4) is 0 Å². The van der Waals surface area contributed by atoms with Crippen LogP contribution in [-0.2, 0) is 9.53 Å². The zero-order valence-corrected chi connectivity index (χ0v) is 10.0. The van der Waals surface area contributed by atoms with E-state index in [4.69, 9.17) is 9.84 Å². The lowest BCUT2D eigenvalue weighted by atomic mass is 10.2. The Morgan fingerprint density at radius 1 is 1.31 bits per heavy atom. The highest BCUT2D eigenvalue weighted by atomic mass is 16.6. The molecular formula is C11H19NO4. The third kappa shape index (κ3) is 10.7. The first-order valence-corrected chi connectivity index (χ1v) is 5.28. The largest absolute Gasteiger partial charge is 0.481 e. The minimum absolute atomic E-state index is 0.153. The van der Waals surface area contributed by atoms with Gasteiger partial charge in [0.15, 0.2) is 0 Å². The number of rotatable bonds is 5. The molecule has 0 saturated carbocycles. The molecule has 5 heteroatoms. The molecular weight excluding hydrogens is 210 g/mol. The van der Waals surface area contributed by atoms with Crippen molar-refractivity contribution < 1.29 is 19.4 Å². The van der Waals surface area contributed by atoms with Crippen molar-refractivity contribution in [2.45, 2.75) is 52.1 Å². The topological polar surface area (TPSA) is 76.0 Å². The fourth-order valence-electron chi connectivity index (χ4n) is 0.939. The Balaban J connectivity index is 3.61. The van der Waals surface area contributed by atoms with Gasteiger partial charge in [-0.25, -0.2) is 4.79 Å². The summed E-state index contributed by atoms with van der Waals surface area (Å²) in [6.45, 7) is 5.31. The number of carbonyl (C=O) groups is 2. The molecule has 16 heavy (non-hydrogen) atoms. The highest BCUT2D eigenvalue weighted by Gasteiger charge is 2.14. The van der Waals surface area contributed by atoms with Gasteiger partial charge < -0.3 is 9.84 Å². The second-order valence-corrected chi connectivity index (χ2v) is 4.43. The van der Waals surface area contributed by atoms with Gasteiger partial charge in [-0.1, -0.05) is 0 Å². The Kier molecular flexibility index (Phi) is 6.37. The summed E-state index contributed by atoms with van der Waals surface area (Å²) in [5.41, 5.74) is -0.530. The summed E-state index contributed by atoms with van der Waals surface area (Å²) >= 11 is 0. The zero-order chi connectivity index (χ0) is 12.6. The average Bonchev–Trinajstić information content (AvgIpc) is 2.07. The molecule has 0 aromatic carbocycles. The van der Waals surface area contributed by atoms with Gasteiger partial charge in [0, 0.05) is 12.6 Å². The number of amides is 1. The van der Waals surface area contributed by atoms with Crippen LogP contribution in [0.5, 0.6) is 0 Å². The second kappa shape index (κ2) is 6.98. The van der Waals surface area contributed by atoms with Gasteiger partial charge in [-0.15, -0.1) is 0 Å². The number of aliphatic imine (C=N–C) groups is 1. The van der Waals surface area contributed by atoms with Crippen molar-refractivity contribution >= 4 is 18.3 Å². The Hall–Kier alpha value is -1.39. The van der Waals surface area contributed by atoms with Gasteiger partial charge in [0.2, 0.25) is 0 Å². The van der Waals surface area contributed by atoms with Crippen LogP contribution < -0.4 is 0 Å². The van der Waals surface area contributed by atoms with Crippen molar-refractivity contribution in [2.75, 3.05) is 0 Å². The molecule has 0 aliphatic heterocycles. The molecule has 0 atom stereocenters. The lowest BCUT2D eigenvalue weighted by Crippen LogP contribution is -2.21. The summed E-state index contributed by atoms with van der Waals surface area (Å²) in [6, 6.07) is 0. The van der Waals surface area contributed by atoms with E-state index < -0.39 is 17.7 Å². The molecule has 0 aliphatic carbocycles. The Morgan fingerprint density at radius 3 is 2.44 bits per heavy atom. The van der Waals surface area contributed by atoms with Crippen LogP contribution in [0.1, 0.15) is 46.5 Å². The summed E-state index contributed by atoms with van der Waals surface area (Å²) in [5.74, 6) is -0.802. The summed E-state index contributed by atoms with van der Waals surface area (Å²) in [6.07, 6.45) is 2.91. The maximum atomic E-state index is 11.1. The summed E-state index contributed by atoms with van der Waals surface area (Å²) in [7, 11) is 0. The van der Waals surface area contributed by atoms with E-state index >= 15 is 0 Å². The van der Waals surface area contributed by atoms with Crippen molar-refractivity contribution in [3.05, 3.63) is 0 Å². The molecule has 0 bridgehead atoms. The van der Waals surface area contributed by atoms with E-state index in [1.165, 1.54) is 6.21 Å². The summed E-state index contributed by atoms with van der Waals surface area (Å²) in [5, 5.41) is 8.38. The molecule has 0 heterocycles. The maximum absolute atomic E-state index is 11.1. The van der Waals surface area contributed by atoms with Crippen LogP contribution in [0.4, 0.5) is 4.79 Å². The molecule has 1 amide bonds. The molecule has 0 saturated heterocycles. The molecule has 0 unspecified atom stereocenters. The van der Waals surface area contributed by atoms with Crippen molar-refractivity contribution in [2.24, 2.45) is 4.99 Å². The molecule has 0 spiro atoms. The molecule has 0 fully saturated rings. The van der Waals surface area contributed by atoms with Crippen LogP contribution in [-0.4, -0.2) is 29.0 Å². The summed E-state index contributed by atoms with van der Waals surface area (Å²) < 4.78 is 4.95. The molecule has 0 radical (unpaired) electrons. The highest BCUT2D eigenvalue weighted by molar-refractivity contribution is 5.79. The lowest BCUT2D eigenvalue weighted by Gasteiger charge is -2.16. The number of carboxylic acids is 1. The molecule has 1 N–H and O–H groups in total. The monoisotopic (exact) mass is 229 g/mol. The van der Waals surface area contributed by atoms with Gasteiger partial charge in [-0.05, 0) is 40.0 Å². The quantitative estimate of drug-likeness (QED) is 0.580. The number of carbonyl (C=O) groups excluding carboxylic acids is 1. The average molecular weight is 229 g/mol. The number of ether oxygens (including phenoxy) is 1. The minimum Gasteiger partial charge on any atom is -0.481 e. The normalized spacial score (nSPS) is 11.7. The standard InChI is InChI=1S/C11H19NO4/c1-11(2,3)16-10(15)12-8-6-4-5-7-9(13)14/h8H,4-7H2,1-3H3,(H,13,14). The second-order valence-electron chi connectivity index (χ2n) is 4.43. The molecule has 92 valence electrons. The predicted octanol–water partition coefficient (Wildman–Crippen LogP) is 2.64. The van der Waals surface area contributed by atoms with Gasteiger partial charge in [0.05, 0.1) is 0 Å². The van der Waals surface area contributed by atoms with E-state index in [1.54, 1.807) is 20.8 Å². The molecule has 5 nitrogen and oxygen atoms in total. The van der Waals surface area contributed by atoms with Crippen molar-refractivity contribution in [1.29, 1.82) is 0 Å². The van der Waals surface area contributed by atoms with Crippen molar-refractivity contribution in [3.63, 3.8) is 0 Å². The smallest absolute Gasteiger partial charge is 0.433 e. The fraction of sp³-hybridized carbons (Fsp3) is 0.727. The van der Waals surface area contributed by atoms with E-state index in [1.807, 2.05) is 0 Å². The number of unbranched alkanes of at least 4 members (excludes halogenated alkanes) is 2.